The molecule has 0 aliphatic rings. The fraction of sp³-hybridized carbons (Fsp3) is 0.115. The third-order valence-corrected chi connectivity index (χ3v) is 5.33. The van der Waals surface area contributed by atoms with Gasteiger partial charge in [-0.25, -0.2) is 0 Å². The molecule has 0 amide bonds. The highest BCUT2D eigenvalue weighted by molar-refractivity contribution is 5.98. The first-order valence-corrected chi connectivity index (χ1v) is 9.56. The molecule has 0 heterocycles. The molecule has 0 aromatic heterocycles. The third kappa shape index (κ3) is 3.54. The number of anilines is 2. The molecule has 28 heavy (non-hydrogen) atoms. The number of benzene rings is 4. The Balaban J connectivity index is 1.74. The van der Waals surface area contributed by atoms with Crippen LogP contribution in [0.5, 0.6) is 0 Å². The second-order valence-corrected chi connectivity index (χ2v) is 7.25. The van der Waals surface area contributed by atoms with Gasteiger partial charge in [0.25, 0.3) is 0 Å². The first kappa shape index (κ1) is 18.0. The zero-order valence-corrected chi connectivity index (χ0v) is 16.1. The first-order valence-electron chi connectivity index (χ1n) is 9.56. The van der Waals surface area contributed by atoms with E-state index >= 15 is 0 Å². The van der Waals surface area contributed by atoms with Gasteiger partial charge in [0.05, 0.1) is 0 Å². The molecule has 0 aliphatic heterocycles. The number of fused-ring (bicyclic) bond motifs is 1. The minimum atomic E-state index is 0.235. The molecule has 0 saturated carbocycles. The summed E-state index contributed by atoms with van der Waals surface area (Å²) in [5, 5.41) is 6.00. The predicted molar refractivity (Wildman–Crippen MR) is 118 cm³/mol. The van der Waals surface area contributed by atoms with Gasteiger partial charge in [-0.2, -0.15) is 0 Å². The normalized spacial score (nSPS) is 11.9. The van der Waals surface area contributed by atoms with Gasteiger partial charge in [-0.1, -0.05) is 79.2 Å². The molecular weight excluding hydrogens is 342 g/mol. The van der Waals surface area contributed by atoms with Crippen LogP contribution >= 0.6 is 0 Å². The summed E-state index contributed by atoms with van der Waals surface area (Å²) in [6.45, 7) is 4.31. The largest absolute Gasteiger partial charge is 0.355 e. The molecule has 1 atom stereocenters. The first-order chi connectivity index (χ1) is 13.7. The SMILES string of the molecule is Cc1ccc(Nc2ccc(C(C)c3ccc(C=O)cc3)c3ccccc23)cc1. The molecule has 1 unspecified atom stereocenters. The Bertz CT molecular complexity index is 1110. The summed E-state index contributed by atoms with van der Waals surface area (Å²) < 4.78 is 0. The van der Waals surface area contributed by atoms with Gasteiger partial charge >= 0.3 is 0 Å². The standard InChI is InChI=1S/C26H23NO/c1-18-7-13-22(14-8-18)27-26-16-15-23(24-5-3-4-6-25(24)26)19(2)21-11-9-20(17-28)10-12-21/h3-17,19,27H,1-2H3. The lowest BCUT2D eigenvalue weighted by molar-refractivity contribution is 0.112. The molecule has 2 nitrogen and oxygen atoms in total. The van der Waals surface area contributed by atoms with E-state index < -0.39 is 0 Å². The molecule has 0 aliphatic carbocycles. The van der Waals surface area contributed by atoms with Crippen molar-refractivity contribution < 1.29 is 4.79 Å². The van der Waals surface area contributed by atoms with Gasteiger partial charge in [0.2, 0.25) is 0 Å². The molecule has 4 aromatic rings. The molecular formula is C26H23NO. The fourth-order valence-corrected chi connectivity index (χ4v) is 3.64. The predicted octanol–water partition coefficient (Wildman–Crippen LogP) is 6.86. The summed E-state index contributed by atoms with van der Waals surface area (Å²) in [4.78, 5) is 10.9. The lowest BCUT2D eigenvalue weighted by atomic mass is 9.88. The van der Waals surface area contributed by atoms with Crippen LogP contribution in [0.2, 0.25) is 0 Å². The van der Waals surface area contributed by atoms with Crippen LogP contribution in [0.25, 0.3) is 10.8 Å². The van der Waals surface area contributed by atoms with E-state index in [9.17, 15) is 4.79 Å². The van der Waals surface area contributed by atoms with Crippen LogP contribution in [0.4, 0.5) is 11.4 Å². The van der Waals surface area contributed by atoms with Gasteiger partial charge in [0.15, 0.2) is 0 Å². The van der Waals surface area contributed by atoms with Gasteiger partial charge in [-0.05, 0) is 41.6 Å². The van der Waals surface area contributed by atoms with Crippen LogP contribution in [-0.2, 0) is 0 Å². The van der Waals surface area contributed by atoms with Crippen molar-refractivity contribution in [1.29, 1.82) is 0 Å². The molecule has 0 spiro atoms. The van der Waals surface area contributed by atoms with Crippen molar-refractivity contribution in [2.24, 2.45) is 0 Å². The van der Waals surface area contributed by atoms with Crippen LogP contribution in [0.1, 0.15) is 39.9 Å². The lowest BCUT2D eigenvalue weighted by Gasteiger charge is -2.18. The summed E-state index contributed by atoms with van der Waals surface area (Å²) in [7, 11) is 0. The van der Waals surface area contributed by atoms with E-state index in [1.54, 1.807) is 0 Å². The van der Waals surface area contributed by atoms with Crippen LogP contribution < -0.4 is 5.32 Å². The molecule has 0 fully saturated rings. The number of hydrogen-bond acceptors (Lipinski definition) is 2. The lowest BCUT2D eigenvalue weighted by Crippen LogP contribution is -1.99. The van der Waals surface area contributed by atoms with Gasteiger partial charge in [0, 0.05) is 28.2 Å². The Hall–Kier alpha value is -3.39. The van der Waals surface area contributed by atoms with E-state index in [-0.39, 0.29) is 5.92 Å². The highest BCUT2D eigenvalue weighted by Gasteiger charge is 2.14. The highest BCUT2D eigenvalue weighted by atomic mass is 16.1. The number of hydrogen-bond donors (Lipinski definition) is 1. The van der Waals surface area contributed by atoms with Crippen molar-refractivity contribution >= 4 is 28.4 Å². The molecule has 0 saturated heterocycles. The van der Waals surface area contributed by atoms with Gasteiger partial charge in [0.1, 0.15) is 6.29 Å². The van der Waals surface area contributed by atoms with E-state index in [1.807, 2.05) is 24.3 Å². The Morgan fingerprint density at radius 3 is 2.14 bits per heavy atom. The summed E-state index contributed by atoms with van der Waals surface area (Å²) in [6.07, 6.45) is 0.884. The molecule has 4 rings (SSSR count). The Kier molecular flexibility index (Phi) is 4.94. The number of aryl methyl sites for hydroxylation is 1. The maximum absolute atomic E-state index is 10.9. The van der Waals surface area contributed by atoms with E-state index in [0.29, 0.717) is 5.56 Å². The van der Waals surface area contributed by atoms with Crippen molar-refractivity contribution in [3.63, 3.8) is 0 Å². The molecule has 2 heteroatoms. The van der Waals surface area contributed by atoms with Crippen molar-refractivity contribution in [1.82, 2.24) is 0 Å². The third-order valence-electron chi connectivity index (χ3n) is 5.33. The smallest absolute Gasteiger partial charge is 0.150 e. The monoisotopic (exact) mass is 365 g/mol. The van der Waals surface area contributed by atoms with E-state index in [1.165, 1.54) is 27.5 Å². The zero-order valence-electron chi connectivity index (χ0n) is 16.1. The molecule has 0 bridgehead atoms. The number of carbonyl (C=O) groups is 1. The van der Waals surface area contributed by atoms with Crippen molar-refractivity contribution in [2.45, 2.75) is 19.8 Å². The summed E-state index contributed by atoms with van der Waals surface area (Å²) >= 11 is 0. The average molecular weight is 365 g/mol. The van der Waals surface area contributed by atoms with Crippen LogP contribution in [-0.4, -0.2) is 6.29 Å². The number of nitrogens with one attached hydrogen (secondary N) is 1. The maximum atomic E-state index is 10.9. The average Bonchev–Trinajstić information content (AvgIpc) is 2.75. The van der Waals surface area contributed by atoms with Crippen LogP contribution in [0.15, 0.2) is 84.9 Å². The van der Waals surface area contributed by atoms with E-state index in [4.69, 9.17) is 0 Å². The Morgan fingerprint density at radius 2 is 1.46 bits per heavy atom. The Labute approximate surface area is 165 Å². The summed E-state index contributed by atoms with van der Waals surface area (Å²) in [5.41, 5.74) is 6.63. The maximum Gasteiger partial charge on any atom is 0.150 e. The number of carbonyl (C=O) groups excluding carboxylic acids is 1. The van der Waals surface area contributed by atoms with Gasteiger partial charge in [-0.15, -0.1) is 0 Å². The molecule has 4 aromatic carbocycles. The van der Waals surface area contributed by atoms with Crippen LogP contribution in [0.3, 0.4) is 0 Å². The second-order valence-electron chi connectivity index (χ2n) is 7.25. The van der Waals surface area contributed by atoms with E-state index in [2.05, 4.69) is 79.8 Å². The molecule has 138 valence electrons. The summed E-state index contributed by atoms with van der Waals surface area (Å²) in [5.74, 6) is 0.235. The molecule has 0 radical (unpaired) electrons. The number of aldehydes is 1. The fourth-order valence-electron chi connectivity index (χ4n) is 3.64. The van der Waals surface area contributed by atoms with Crippen molar-refractivity contribution in [3.05, 3.63) is 107 Å². The minimum absolute atomic E-state index is 0.235. The second kappa shape index (κ2) is 7.69. The van der Waals surface area contributed by atoms with Crippen LogP contribution in [0, 0.1) is 6.92 Å². The van der Waals surface area contributed by atoms with Crippen molar-refractivity contribution in [2.75, 3.05) is 5.32 Å². The van der Waals surface area contributed by atoms with Gasteiger partial charge < -0.3 is 5.32 Å². The highest BCUT2D eigenvalue weighted by Crippen LogP contribution is 2.35. The minimum Gasteiger partial charge on any atom is -0.355 e. The Morgan fingerprint density at radius 1 is 0.786 bits per heavy atom. The van der Waals surface area contributed by atoms with E-state index in [0.717, 1.165) is 17.7 Å². The quantitative estimate of drug-likeness (QED) is 0.392. The topological polar surface area (TPSA) is 29.1 Å². The zero-order chi connectivity index (χ0) is 19.5. The summed E-state index contributed by atoms with van der Waals surface area (Å²) in [6, 6.07) is 29.2. The molecule has 1 N–H and O–H groups in total. The number of rotatable bonds is 5. The van der Waals surface area contributed by atoms with Crippen molar-refractivity contribution in [3.8, 4) is 0 Å². The van der Waals surface area contributed by atoms with Gasteiger partial charge in [-0.3, -0.25) is 4.79 Å².